The van der Waals surface area contributed by atoms with Crippen LogP contribution in [0.3, 0.4) is 0 Å². The molecule has 0 aliphatic heterocycles. The number of benzene rings is 1. The van der Waals surface area contributed by atoms with E-state index in [4.69, 9.17) is 4.43 Å². The molecule has 1 aromatic carbocycles. The van der Waals surface area contributed by atoms with E-state index in [-0.39, 0.29) is 5.78 Å². The van der Waals surface area contributed by atoms with Crippen LogP contribution in [0.5, 0.6) is 0 Å². The summed E-state index contributed by atoms with van der Waals surface area (Å²) >= 11 is 0. The monoisotopic (exact) mass is 336 g/mol. The third kappa shape index (κ3) is 8.06. The Morgan fingerprint density at radius 2 is 1.59 bits per heavy atom. The van der Waals surface area contributed by atoms with E-state index in [1.54, 1.807) is 6.92 Å². The van der Waals surface area contributed by atoms with Crippen LogP contribution in [-0.2, 0) is 10.8 Å². The van der Waals surface area contributed by atoms with Crippen molar-refractivity contribution in [2.75, 3.05) is 6.61 Å². The van der Waals surface area contributed by atoms with Gasteiger partial charge >= 0.3 is 0 Å². The average molecular weight is 337 g/mol. The Bertz CT molecular complexity index is 473. The molecule has 0 amide bonds. The highest BCUT2D eigenvalue weighted by Gasteiger charge is 2.25. The van der Waals surface area contributed by atoms with Crippen LogP contribution >= 0.6 is 0 Å². The fraction of sp³-hybridized carbons (Fsp3) is 0.611. The standard InChI is InChI=1S/C18H32O2Si2/c1-16(19)18-11-9-17(10-12-18)8-7-13-20-22(5,6)15-14-21(2,3)4/h9-12H,7-8,13-15H2,1-6H3. The van der Waals surface area contributed by atoms with Crippen LogP contribution in [0.25, 0.3) is 0 Å². The molecule has 0 radical (unpaired) electrons. The molecule has 0 N–H and O–H groups in total. The number of ketones is 1. The molecule has 0 spiro atoms. The number of hydrogen-bond donors (Lipinski definition) is 0. The lowest BCUT2D eigenvalue weighted by Gasteiger charge is -2.26. The van der Waals surface area contributed by atoms with Gasteiger partial charge in [-0.15, -0.1) is 0 Å². The highest BCUT2D eigenvalue weighted by Crippen LogP contribution is 2.21. The maximum atomic E-state index is 11.2. The largest absolute Gasteiger partial charge is 0.417 e. The zero-order valence-electron chi connectivity index (χ0n) is 15.2. The molecule has 0 aliphatic rings. The normalized spacial score (nSPS) is 12.5. The quantitative estimate of drug-likeness (QED) is 0.344. The van der Waals surface area contributed by atoms with Crippen molar-refractivity contribution in [3.05, 3.63) is 35.4 Å². The Balaban J connectivity index is 2.30. The predicted molar refractivity (Wildman–Crippen MR) is 101 cm³/mol. The third-order valence-electron chi connectivity index (χ3n) is 3.94. The van der Waals surface area contributed by atoms with E-state index >= 15 is 0 Å². The van der Waals surface area contributed by atoms with Gasteiger partial charge in [0.1, 0.15) is 0 Å². The SMILES string of the molecule is CC(=O)c1ccc(CCCO[Si](C)(C)CC[Si](C)(C)C)cc1. The number of hydrogen-bond acceptors (Lipinski definition) is 2. The van der Waals surface area contributed by atoms with Gasteiger partial charge < -0.3 is 4.43 Å². The molecule has 0 aliphatic carbocycles. The Morgan fingerprint density at radius 3 is 2.09 bits per heavy atom. The first kappa shape index (κ1) is 19.3. The molecule has 124 valence electrons. The lowest BCUT2D eigenvalue weighted by Crippen LogP contribution is -2.34. The van der Waals surface area contributed by atoms with Gasteiger partial charge in [-0.2, -0.15) is 0 Å². The summed E-state index contributed by atoms with van der Waals surface area (Å²) in [5.74, 6) is 0.130. The summed E-state index contributed by atoms with van der Waals surface area (Å²) in [6.07, 6.45) is 2.08. The fourth-order valence-electron chi connectivity index (χ4n) is 2.28. The summed E-state index contributed by atoms with van der Waals surface area (Å²) in [7, 11) is -2.44. The van der Waals surface area contributed by atoms with Crippen LogP contribution < -0.4 is 0 Å². The Morgan fingerprint density at radius 1 is 1.00 bits per heavy atom. The van der Waals surface area contributed by atoms with Crippen molar-refractivity contribution in [1.29, 1.82) is 0 Å². The van der Waals surface area contributed by atoms with E-state index in [2.05, 4.69) is 44.9 Å². The van der Waals surface area contributed by atoms with Gasteiger partial charge in [0, 0.05) is 20.2 Å². The molecule has 0 aromatic heterocycles. The summed E-state index contributed by atoms with van der Waals surface area (Å²) in [6, 6.07) is 10.6. The van der Waals surface area contributed by atoms with Gasteiger partial charge in [0.05, 0.1) is 0 Å². The predicted octanol–water partition coefficient (Wildman–Crippen LogP) is 5.38. The van der Waals surface area contributed by atoms with E-state index in [1.807, 2.05) is 12.1 Å². The van der Waals surface area contributed by atoms with Crippen LogP contribution in [-0.4, -0.2) is 28.8 Å². The van der Waals surface area contributed by atoms with Gasteiger partial charge in [0.2, 0.25) is 0 Å². The Kier molecular flexibility index (Phi) is 7.23. The minimum Gasteiger partial charge on any atom is -0.417 e. The first-order valence-corrected chi connectivity index (χ1v) is 15.2. The molecule has 0 saturated heterocycles. The van der Waals surface area contributed by atoms with E-state index in [1.165, 1.54) is 17.7 Å². The smallest absolute Gasteiger partial charge is 0.186 e. The zero-order chi connectivity index (χ0) is 16.8. The molecule has 22 heavy (non-hydrogen) atoms. The van der Waals surface area contributed by atoms with Gasteiger partial charge in [0.15, 0.2) is 14.1 Å². The molecule has 2 nitrogen and oxygen atoms in total. The van der Waals surface area contributed by atoms with Crippen LogP contribution in [0.15, 0.2) is 24.3 Å². The van der Waals surface area contributed by atoms with Crippen molar-refractivity contribution >= 4 is 22.2 Å². The molecule has 1 rings (SSSR count). The van der Waals surface area contributed by atoms with Gasteiger partial charge in [-0.1, -0.05) is 50.0 Å². The second kappa shape index (κ2) is 8.22. The van der Waals surface area contributed by atoms with Crippen molar-refractivity contribution in [3.63, 3.8) is 0 Å². The molecular formula is C18H32O2Si2. The number of rotatable bonds is 9. The molecule has 0 heterocycles. The summed E-state index contributed by atoms with van der Waals surface area (Å²) in [6.45, 7) is 14.4. The van der Waals surface area contributed by atoms with Gasteiger partial charge in [-0.05, 0) is 44.5 Å². The molecule has 0 fully saturated rings. The topological polar surface area (TPSA) is 26.3 Å². The third-order valence-corrected chi connectivity index (χ3v) is 8.63. The molecule has 0 unspecified atom stereocenters. The van der Waals surface area contributed by atoms with Crippen molar-refractivity contribution in [1.82, 2.24) is 0 Å². The van der Waals surface area contributed by atoms with Crippen LogP contribution in [0.1, 0.15) is 29.3 Å². The number of carbonyl (C=O) groups excluding carboxylic acids is 1. The highest BCUT2D eigenvalue weighted by molar-refractivity contribution is 6.79. The van der Waals surface area contributed by atoms with Crippen LogP contribution in [0.4, 0.5) is 0 Å². The minimum absolute atomic E-state index is 0.130. The van der Waals surface area contributed by atoms with Crippen LogP contribution in [0.2, 0.25) is 44.8 Å². The maximum absolute atomic E-state index is 11.2. The summed E-state index contributed by atoms with van der Waals surface area (Å²) < 4.78 is 6.22. The van der Waals surface area contributed by atoms with Gasteiger partial charge in [-0.3, -0.25) is 4.79 Å². The van der Waals surface area contributed by atoms with Crippen LogP contribution in [0, 0.1) is 0 Å². The number of carbonyl (C=O) groups is 1. The zero-order valence-corrected chi connectivity index (χ0v) is 17.2. The average Bonchev–Trinajstić information content (AvgIpc) is 2.41. The lowest BCUT2D eigenvalue weighted by atomic mass is 10.1. The fourth-order valence-corrected chi connectivity index (χ4v) is 8.53. The second-order valence-corrected chi connectivity index (χ2v) is 18.0. The highest BCUT2D eigenvalue weighted by atomic mass is 28.4. The van der Waals surface area contributed by atoms with Gasteiger partial charge in [-0.25, -0.2) is 0 Å². The van der Waals surface area contributed by atoms with E-state index in [0.29, 0.717) is 0 Å². The summed E-state index contributed by atoms with van der Waals surface area (Å²) in [5, 5.41) is 0. The second-order valence-electron chi connectivity index (χ2n) is 8.03. The minimum atomic E-state index is -1.49. The Labute approximate surface area is 138 Å². The van der Waals surface area contributed by atoms with Crippen molar-refractivity contribution < 1.29 is 9.22 Å². The van der Waals surface area contributed by atoms with E-state index < -0.39 is 16.4 Å². The first-order valence-electron chi connectivity index (χ1n) is 8.33. The number of Topliss-reactive ketones (excluding diaryl/α,β-unsaturated/α-hetero) is 1. The van der Waals surface area contributed by atoms with Crippen molar-refractivity contribution in [3.8, 4) is 0 Å². The maximum Gasteiger partial charge on any atom is 0.186 e. The van der Waals surface area contributed by atoms with E-state index in [9.17, 15) is 4.79 Å². The van der Waals surface area contributed by atoms with Crippen molar-refractivity contribution in [2.45, 2.75) is 64.6 Å². The van der Waals surface area contributed by atoms with Crippen molar-refractivity contribution in [2.24, 2.45) is 0 Å². The van der Waals surface area contributed by atoms with Gasteiger partial charge in [0.25, 0.3) is 0 Å². The molecule has 0 saturated carbocycles. The molecule has 4 heteroatoms. The number of aryl methyl sites for hydroxylation is 1. The summed E-state index contributed by atoms with van der Waals surface area (Å²) in [5.41, 5.74) is 2.08. The van der Waals surface area contributed by atoms with E-state index in [0.717, 1.165) is 25.0 Å². The summed E-state index contributed by atoms with van der Waals surface area (Å²) in [4.78, 5) is 11.2. The Hall–Kier alpha value is -0.716. The lowest BCUT2D eigenvalue weighted by molar-refractivity contribution is 0.101. The first-order chi connectivity index (χ1) is 10.1. The molecular weight excluding hydrogens is 304 g/mol. The molecule has 0 atom stereocenters. The molecule has 0 bridgehead atoms. The molecule has 1 aromatic rings.